The van der Waals surface area contributed by atoms with Crippen LogP contribution in [-0.2, 0) is 11.2 Å². The molecule has 1 N–H and O–H groups in total. The van der Waals surface area contributed by atoms with E-state index in [0.717, 1.165) is 23.9 Å². The number of fused-ring (bicyclic) bond motifs is 2. The molecule has 0 saturated carbocycles. The van der Waals surface area contributed by atoms with Crippen LogP contribution in [0.1, 0.15) is 42.9 Å². The smallest absolute Gasteiger partial charge is 0.242 e. The zero-order valence-electron chi connectivity index (χ0n) is 14.5. The van der Waals surface area contributed by atoms with Gasteiger partial charge in [-0.15, -0.1) is 0 Å². The fraction of sp³-hybridized carbons (Fsp3) is 0.333. The van der Waals surface area contributed by atoms with Gasteiger partial charge in [0.2, 0.25) is 5.91 Å². The van der Waals surface area contributed by atoms with E-state index < -0.39 is 0 Å². The number of aromatic nitrogens is 2. The number of hydrogen-bond donors (Lipinski definition) is 1. The highest BCUT2D eigenvalue weighted by atomic mass is 16.2. The fourth-order valence-corrected chi connectivity index (χ4v) is 3.85. The summed E-state index contributed by atoms with van der Waals surface area (Å²) < 4.78 is 1.94. The summed E-state index contributed by atoms with van der Waals surface area (Å²) in [7, 11) is 0. The number of nitrogens with zero attached hydrogens (tertiary/aromatic N) is 2. The number of rotatable bonds is 4. The summed E-state index contributed by atoms with van der Waals surface area (Å²) >= 11 is 0. The van der Waals surface area contributed by atoms with Gasteiger partial charge in [-0.25, -0.2) is 4.98 Å². The molecule has 25 heavy (non-hydrogen) atoms. The minimum absolute atomic E-state index is 0.0474. The van der Waals surface area contributed by atoms with Crippen LogP contribution >= 0.6 is 0 Å². The molecule has 0 fully saturated rings. The monoisotopic (exact) mass is 333 g/mol. The van der Waals surface area contributed by atoms with Gasteiger partial charge in [0.05, 0.1) is 17.4 Å². The van der Waals surface area contributed by atoms with Crippen LogP contribution < -0.4 is 5.32 Å². The van der Waals surface area contributed by atoms with Crippen molar-refractivity contribution < 1.29 is 4.79 Å². The SMILES string of the molecule is CC(C(=O)NCC1CCCc2ccccc21)n1cnc2ccccc21. The maximum Gasteiger partial charge on any atom is 0.242 e. The Morgan fingerprint density at radius 2 is 2.04 bits per heavy atom. The second-order valence-electron chi connectivity index (χ2n) is 6.85. The number of amides is 1. The molecule has 4 heteroatoms. The van der Waals surface area contributed by atoms with Crippen molar-refractivity contribution in [3.05, 3.63) is 66.0 Å². The van der Waals surface area contributed by atoms with Crippen LogP contribution in [0.15, 0.2) is 54.9 Å². The van der Waals surface area contributed by atoms with E-state index >= 15 is 0 Å². The van der Waals surface area contributed by atoms with Gasteiger partial charge in [0.15, 0.2) is 0 Å². The number of imidazole rings is 1. The Balaban J connectivity index is 1.46. The molecular formula is C21H23N3O. The minimum Gasteiger partial charge on any atom is -0.354 e. The van der Waals surface area contributed by atoms with E-state index in [9.17, 15) is 4.79 Å². The standard InChI is InChI=1S/C21H23N3O/c1-15(24-14-23-19-11-4-5-12-20(19)24)21(25)22-13-17-9-6-8-16-7-2-3-10-18(16)17/h2-5,7,10-12,14-15,17H,6,8-9,13H2,1H3,(H,22,25). The van der Waals surface area contributed by atoms with Crippen LogP contribution in [0.5, 0.6) is 0 Å². The molecule has 1 aliphatic rings. The van der Waals surface area contributed by atoms with Gasteiger partial charge in [-0.05, 0) is 49.4 Å². The fourth-order valence-electron chi connectivity index (χ4n) is 3.85. The number of aryl methyl sites for hydroxylation is 1. The third-order valence-corrected chi connectivity index (χ3v) is 5.29. The third-order valence-electron chi connectivity index (χ3n) is 5.29. The summed E-state index contributed by atoms with van der Waals surface area (Å²) in [6.07, 6.45) is 5.24. The molecule has 0 radical (unpaired) electrons. The van der Waals surface area contributed by atoms with Gasteiger partial charge in [0.25, 0.3) is 0 Å². The molecule has 128 valence electrons. The van der Waals surface area contributed by atoms with Crippen molar-refractivity contribution in [1.82, 2.24) is 14.9 Å². The van der Waals surface area contributed by atoms with Crippen LogP contribution in [0.2, 0.25) is 0 Å². The van der Waals surface area contributed by atoms with Crippen LogP contribution in [0, 0.1) is 0 Å². The molecule has 2 atom stereocenters. The lowest BCUT2D eigenvalue weighted by Gasteiger charge is -2.26. The predicted octanol–water partition coefficient (Wildman–Crippen LogP) is 3.83. The van der Waals surface area contributed by atoms with E-state index in [4.69, 9.17) is 0 Å². The lowest BCUT2D eigenvalue weighted by atomic mass is 9.83. The Labute approximate surface area is 147 Å². The summed E-state index contributed by atoms with van der Waals surface area (Å²) in [6.45, 7) is 2.63. The Morgan fingerprint density at radius 1 is 1.24 bits per heavy atom. The van der Waals surface area contributed by atoms with Crippen LogP contribution in [0.4, 0.5) is 0 Å². The van der Waals surface area contributed by atoms with Crippen LogP contribution in [0.3, 0.4) is 0 Å². The van der Waals surface area contributed by atoms with Gasteiger partial charge in [-0.2, -0.15) is 0 Å². The summed E-state index contributed by atoms with van der Waals surface area (Å²) in [5.74, 6) is 0.465. The number of para-hydroxylation sites is 2. The van der Waals surface area contributed by atoms with Gasteiger partial charge >= 0.3 is 0 Å². The first kappa shape index (κ1) is 15.9. The molecule has 4 rings (SSSR count). The first-order chi connectivity index (χ1) is 12.2. The molecule has 2 aromatic carbocycles. The first-order valence-corrected chi connectivity index (χ1v) is 9.01. The van der Waals surface area contributed by atoms with E-state index in [1.165, 1.54) is 17.5 Å². The van der Waals surface area contributed by atoms with Crippen molar-refractivity contribution in [2.45, 2.75) is 38.1 Å². The summed E-state index contributed by atoms with van der Waals surface area (Å²) in [4.78, 5) is 17.1. The minimum atomic E-state index is -0.272. The molecule has 1 aromatic heterocycles. The highest BCUT2D eigenvalue weighted by Gasteiger charge is 2.22. The average molecular weight is 333 g/mol. The molecule has 1 amide bonds. The zero-order chi connectivity index (χ0) is 17.2. The molecule has 0 saturated heterocycles. The lowest BCUT2D eigenvalue weighted by Crippen LogP contribution is -2.34. The average Bonchev–Trinajstić information content (AvgIpc) is 3.09. The van der Waals surface area contributed by atoms with Crippen molar-refractivity contribution in [1.29, 1.82) is 0 Å². The van der Waals surface area contributed by atoms with E-state index in [1.807, 2.05) is 35.8 Å². The van der Waals surface area contributed by atoms with Crippen molar-refractivity contribution in [2.75, 3.05) is 6.54 Å². The maximum absolute atomic E-state index is 12.7. The van der Waals surface area contributed by atoms with Gasteiger partial charge in [0.1, 0.15) is 6.04 Å². The highest BCUT2D eigenvalue weighted by molar-refractivity contribution is 5.83. The molecule has 0 spiro atoms. The van der Waals surface area contributed by atoms with Crippen molar-refractivity contribution in [3.63, 3.8) is 0 Å². The lowest BCUT2D eigenvalue weighted by molar-refractivity contribution is -0.123. The Bertz CT molecular complexity index is 899. The summed E-state index contributed by atoms with van der Waals surface area (Å²) in [5.41, 5.74) is 4.74. The molecular weight excluding hydrogens is 310 g/mol. The number of benzene rings is 2. The van der Waals surface area contributed by atoms with E-state index in [-0.39, 0.29) is 11.9 Å². The molecule has 2 unspecified atom stereocenters. The molecule has 4 nitrogen and oxygen atoms in total. The van der Waals surface area contributed by atoms with Crippen LogP contribution in [-0.4, -0.2) is 22.0 Å². The number of nitrogens with one attached hydrogen (secondary N) is 1. The molecule has 1 heterocycles. The maximum atomic E-state index is 12.7. The normalized spacial score (nSPS) is 17.9. The highest BCUT2D eigenvalue weighted by Crippen LogP contribution is 2.31. The second kappa shape index (κ2) is 6.71. The van der Waals surface area contributed by atoms with Gasteiger partial charge in [0, 0.05) is 12.5 Å². The number of carbonyl (C=O) groups is 1. The molecule has 0 bridgehead atoms. The molecule has 1 aliphatic carbocycles. The first-order valence-electron chi connectivity index (χ1n) is 9.01. The van der Waals surface area contributed by atoms with Gasteiger partial charge < -0.3 is 9.88 Å². The summed E-state index contributed by atoms with van der Waals surface area (Å²) in [5, 5.41) is 3.16. The van der Waals surface area contributed by atoms with Crippen molar-refractivity contribution >= 4 is 16.9 Å². The van der Waals surface area contributed by atoms with Gasteiger partial charge in [-0.1, -0.05) is 36.4 Å². The molecule has 0 aliphatic heterocycles. The Hall–Kier alpha value is -2.62. The Kier molecular flexibility index (Phi) is 4.26. The van der Waals surface area contributed by atoms with Crippen molar-refractivity contribution in [3.8, 4) is 0 Å². The zero-order valence-corrected chi connectivity index (χ0v) is 14.5. The Morgan fingerprint density at radius 3 is 2.96 bits per heavy atom. The van der Waals surface area contributed by atoms with Crippen LogP contribution in [0.25, 0.3) is 11.0 Å². The molecule has 3 aromatic rings. The van der Waals surface area contributed by atoms with E-state index in [1.54, 1.807) is 6.33 Å². The number of hydrogen-bond acceptors (Lipinski definition) is 2. The predicted molar refractivity (Wildman–Crippen MR) is 99.6 cm³/mol. The number of carbonyl (C=O) groups excluding carboxylic acids is 1. The van der Waals surface area contributed by atoms with Crippen molar-refractivity contribution in [2.24, 2.45) is 0 Å². The van der Waals surface area contributed by atoms with E-state index in [2.05, 4.69) is 34.6 Å². The third kappa shape index (κ3) is 3.04. The topological polar surface area (TPSA) is 46.9 Å². The van der Waals surface area contributed by atoms with E-state index in [0.29, 0.717) is 12.5 Å². The van der Waals surface area contributed by atoms with Gasteiger partial charge in [-0.3, -0.25) is 4.79 Å². The largest absolute Gasteiger partial charge is 0.354 e. The second-order valence-corrected chi connectivity index (χ2v) is 6.85. The summed E-state index contributed by atoms with van der Waals surface area (Å²) in [6, 6.07) is 16.3. The quantitative estimate of drug-likeness (QED) is 0.789.